The van der Waals surface area contributed by atoms with Crippen LogP contribution in [0.15, 0.2) is 36.4 Å². The van der Waals surface area contributed by atoms with E-state index in [1.807, 2.05) is 18.0 Å². The van der Waals surface area contributed by atoms with Crippen LogP contribution in [-0.4, -0.2) is 24.5 Å². The molecule has 0 bridgehead atoms. The number of amides is 1. The average Bonchev–Trinajstić information content (AvgIpc) is 2.48. The number of rotatable bonds is 0. The van der Waals surface area contributed by atoms with Crippen LogP contribution in [0.4, 0.5) is 5.69 Å². The maximum Gasteiger partial charge on any atom is 0.276 e. The van der Waals surface area contributed by atoms with Crippen LogP contribution in [0.3, 0.4) is 0 Å². The zero-order valence-electron chi connectivity index (χ0n) is 9.93. The fraction of sp³-hybridized carbons (Fsp3) is 0.357. The minimum Gasteiger partial charge on any atom is -0.311 e. The maximum atomic E-state index is 12.1. The van der Waals surface area contributed by atoms with Gasteiger partial charge in [0.15, 0.2) is 5.75 Å². The van der Waals surface area contributed by atoms with Crippen LogP contribution >= 0.6 is 0 Å². The van der Waals surface area contributed by atoms with Gasteiger partial charge in [0.25, 0.3) is 5.91 Å². The minimum atomic E-state index is 0.190. The number of nitrogens with zero attached hydrogens (tertiary/aromatic N) is 1. The number of carbonyl (C=O) groups is 1. The first-order valence-electron chi connectivity index (χ1n) is 5.94. The van der Waals surface area contributed by atoms with Crippen LogP contribution in [-0.2, 0) is 15.7 Å². The summed E-state index contributed by atoms with van der Waals surface area (Å²) in [7, 11) is 2.09. The van der Waals surface area contributed by atoms with Crippen LogP contribution in [0.1, 0.15) is 17.2 Å². The third-order valence-corrected chi connectivity index (χ3v) is 6.05. The maximum absolute atomic E-state index is 12.1. The Morgan fingerprint density at radius 3 is 3.00 bits per heavy atom. The van der Waals surface area contributed by atoms with Gasteiger partial charge in [0, 0.05) is 29.9 Å². The Balaban J connectivity index is 2.12. The summed E-state index contributed by atoms with van der Waals surface area (Å²) in [4.78, 5) is 14.0. The van der Waals surface area contributed by atoms with Crippen LogP contribution in [0.25, 0.3) is 0 Å². The number of hydrogen-bond donors (Lipinski definition) is 0. The van der Waals surface area contributed by atoms with Gasteiger partial charge in [0.05, 0.1) is 5.69 Å². The molecule has 0 fully saturated rings. The van der Waals surface area contributed by atoms with Gasteiger partial charge < -0.3 is 4.90 Å². The van der Waals surface area contributed by atoms with Gasteiger partial charge >= 0.3 is 0 Å². The van der Waals surface area contributed by atoms with Crippen molar-refractivity contribution >= 4 is 22.5 Å². The summed E-state index contributed by atoms with van der Waals surface area (Å²) in [6, 6.07) is 8.36. The lowest BCUT2D eigenvalue weighted by Gasteiger charge is -2.19. The van der Waals surface area contributed by atoms with Gasteiger partial charge in [-0.15, -0.1) is 0 Å². The predicted molar refractivity (Wildman–Crippen MR) is 73.4 cm³/mol. The van der Waals surface area contributed by atoms with Crippen LogP contribution < -0.4 is 4.90 Å². The molecule has 3 rings (SSSR count). The molecule has 3 heteroatoms. The fourth-order valence-corrected chi connectivity index (χ4v) is 4.97. The Labute approximate surface area is 105 Å². The van der Waals surface area contributed by atoms with Crippen molar-refractivity contribution in [2.45, 2.75) is 11.7 Å². The van der Waals surface area contributed by atoms with E-state index in [4.69, 9.17) is 0 Å². The molecule has 88 valence electrons. The molecule has 1 aromatic carbocycles. The summed E-state index contributed by atoms with van der Waals surface area (Å²) in [6.07, 6.45) is 5.59. The van der Waals surface area contributed by atoms with Crippen molar-refractivity contribution < 1.29 is 4.79 Å². The topological polar surface area (TPSA) is 20.3 Å². The van der Waals surface area contributed by atoms with Crippen molar-refractivity contribution in [3.05, 3.63) is 42.0 Å². The first-order chi connectivity index (χ1) is 8.27. The minimum absolute atomic E-state index is 0.190. The van der Waals surface area contributed by atoms with Crippen molar-refractivity contribution in [2.24, 2.45) is 0 Å². The number of fused-ring (bicyclic) bond motifs is 3. The van der Waals surface area contributed by atoms with Crippen LogP contribution in [0.2, 0.25) is 0 Å². The largest absolute Gasteiger partial charge is 0.311 e. The molecule has 0 aliphatic carbocycles. The molecule has 0 saturated heterocycles. The summed E-state index contributed by atoms with van der Waals surface area (Å²) in [5, 5.41) is 0.546. The molecule has 2 heterocycles. The van der Waals surface area contributed by atoms with Crippen LogP contribution in [0.5, 0.6) is 0 Å². The van der Waals surface area contributed by atoms with E-state index in [1.54, 1.807) is 0 Å². The van der Waals surface area contributed by atoms with Crippen molar-refractivity contribution in [1.82, 2.24) is 0 Å². The van der Waals surface area contributed by atoms with E-state index in [-0.39, 0.29) is 16.8 Å². The Hall–Kier alpha value is -1.22. The summed E-state index contributed by atoms with van der Waals surface area (Å²) < 4.78 is 0. The molecule has 17 heavy (non-hydrogen) atoms. The van der Waals surface area contributed by atoms with Gasteiger partial charge in [-0.05, 0) is 12.1 Å². The molecule has 2 unspecified atom stereocenters. The number of anilines is 1. The monoisotopic (exact) mass is 246 g/mol. The molecule has 0 spiro atoms. The molecule has 2 nitrogen and oxygen atoms in total. The molecular formula is C14H16NOS+. The first kappa shape index (κ1) is 10.9. The standard InChI is InChI=1S/C14H16NOS/c1-15-12-7-3-2-6-11(12)13-8-4-5-9-17(13)10-14(15)16/h2-7,13H,8-10H2,1H3/q+1. The lowest BCUT2D eigenvalue weighted by Crippen LogP contribution is -2.32. The number of para-hydroxylation sites is 1. The highest BCUT2D eigenvalue weighted by atomic mass is 32.2. The number of hydrogen-bond acceptors (Lipinski definition) is 1. The number of benzene rings is 1. The Bertz CT molecular complexity index is 483. The fourth-order valence-electron chi connectivity index (χ4n) is 2.58. The van der Waals surface area contributed by atoms with Gasteiger partial charge in [-0.25, -0.2) is 0 Å². The van der Waals surface area contributed by atoms with Crippen molar-refractivity contribution in [3.8, 4) is 0 Å². The first-order valence-corrected chi connectivity index (χ1v) is 7.57. The molecule has 0 aromatic heterocycles. The quantitative estimate of drug-likeness (QED) is 0.508. The third-order valence-electron chi connectivity index (χ3n) is 3.56. The Kier molecular flexibility index (Phi) is 2.71. The van der Waals surface area contributed by atoms with E-state index in [0.29, 0.717) is 11.0 Å². The highest BCUT2D eigenvalue weighted by molar-refractivity contribution is 7.98. The molecule has 0 N–H and O–H groups in total. The second-order valence-corrected chi connectivity index (χ2v) is 6.82. The molecule has 0 radical (unpaired) electrons. The van der Waals surface area contributed by atoms with Gasteiger partial charge in [-0.1, -0.05) is 24.3 Å². The normalized spacial score (nSPS) is 27.4. The number of allylic oxidation sites excluding steroid dienone is 1. The SMILES string of the molecule is CN1C(=O)C[S+]2CC=CCC2c2ccccc21. The summed E-state index contributed by atoms with van der Waals surface area (Å²) in [5.41, 5.74) is 2.46. The lowest BCUT2D eigenvalue weighted by atomic mass is 10.1. The highest BCUT2D eigenvalue weighted by Crippen LogP contribution is 2.39. The molecule has 1 amide bonds. The smallest absolute Gasteiger partial charge is 0.276 e. The van der Waals surface area contributed by atoms with Crippen LogP contribution in [0, 0.1) is 0 Å². The molecule has 2 aliphatic rings. The van der Waals surface area contributed by atoms with E-state index < -0.39 is 0 Å². The number of carbonyl (C=O) groups excluding carboxylic acids is 1. The van der Waals surface area contributed by atoms with Gasteiger partial charge in [0.2, 0.25) is 0 Å². The van der Waals surface area contributed by atoms with E-state index in [1.165, 1.54) is 5.56 Å². The third kappa shape index (κ3) is 1.78. The molecule has 2 aliphatic heterocycles. The van der Waals surface area contributed by atoms with Crippen molar-refractivity contribution in [3.63, 3.8) is 0 Å². The molecule has 0 saturated carbocycles. The Morgan fingerprint density at radius 1 is 1.29 bits per heavy atom. The summed E-state index contributed by atoms with van der Waals surface area (Å²) >= 11 is 0. The average molecular weight is 246 g/mol. The van der Waals surface area contributed by atoms with Gasteiger partial charge in [-0.3, -0.25) is 4.79 Å². The second kappa shape index (κ2) is 4.22. The zero-order valence-corrected chi connectivity index (χ0v) is 10.7. The molecular weight excluding hydrogens is 230 g/mol. The van der Waals surface area contributed by atoms with E-state index >= 15 is 0 Å². The second-order valence-electron chi connectivity index (χ2n) is 4.56. The Morgan fingerprint density at radius 2 is 2.12 bits per heavy atom. The highest BCUT2D eigenvalue weighted by Gasteiger charge is 2.40. The van der Waals surface area contributed by atoms with Crippen molar-refractivity contribution in [1.29, 1.82) is 0 Å². The van der Waals surface area contributed by atoms with E-state index in [2.05, 4.69) is 30.4 Å². The van der Waals surface area contributed by atoms with Gasteiger partial charge in [-0.2, -0.15) is 0 Å². The predicted octanol–water partition coefficient (Wildman–Crippen LogP) is 2.28. The zero-order chi connectivity index (χ0) is 11.8. The lowest BCUT2D eigenvalue weighted by molar-refractivity contribution is -0.115. The molecule has 1 aromatic rings. The summed E-state index contributed by atoms with van der Waals surface area (Å²) in [6.45, 7) is 0. The van der Waals surface area contributed by atoms with Gasteiger partial charge in [0.1, 0.15) is 11.0 Å². The van der Waals surface area contributed by atoms with E-state index in [9.17, 15) is 4.79 Å². The van der Waals surface area contributed by atoms with Crippen molar-refractivity contribution in [2.75, 3.05) is 23.5 Å². The molecule has 2 atom stereocenters. The van der Waals surface area contributed by atoms with E-state index in [0.717, 1.165) is 17.9 Å². The summed E-state index contributed by atoms with van der Waals surface area (Å²) in [5.74, 6) is 2.04.